The molecule has 0 saturated heterocycles. The number of benzene rings is 3. The van der Waals surface area contributed by atoms with E-state index in [9.17, 15) is 9.59 Å². The summed E-state index contributed by atoms with van der Waals surface area (Å²) >= 11 is 0. The third kappa shape index (κ3) is 6.12. The third-order valence-corrected chi connectivity index (χ3v) is 9.12. The average molecular weight is 485 g/mol. The van der Waals surface area contributed by atoms with Gasteiger partial charge in [-0.25, -0.2) is 0 Å². The van der Waals surface area contributed by atoms with Crippen LogP contribution in [0.4, 0.5) is 5.69 Å². The smallest absolute Gasteiger partial charge is 0.362 e. The molecule has 3 aromatic carbocycles. The van der Waals surface area contributed by atoms with Crippen LogP contribution in [0.1, 0.15) is 43.0 Å². The Kier molecular flexibility index (Phi) is 7.91. The molecule has 35 heavy (non-hydrogen) atoms. The van der Waals surface area contributed by atoms with Gasteiger partial charge in [-0.3, -0.25) is 0 Å². The van der Waals surface area contributed by atoms with Crippen LogP contribution in [0.2, 0.25) is 5.54 Å². The van der Waals surface area contributed by atoms with Crippen molar-refractivity contribution in [2.24, 2.45) is 0 Å². The van der Waals surface area contributed by atoms with Crippen LogP contribution >= 0.6 is 0 Å². The summed E-state index contributed by atoms with van der Waals surface area (Å²) in [4.78, 5) is 26.3. The minimum atomic E-state index is -3.31. The van der Waals surface area contributed by atoms with E-state index < -0.39 is 8.56 Å². The molecule has 0 aliphatic heterocycles. The van der Waals surface area contributed by atoms with Gasteiger partial charge in [0.25, 0.3) is 0 Å². The van der Waals surface area contributed by atoms with E-state index in [1.165, 1.54) is 33.3 Å². The van der Waals surface area contributed by atoms with Crippen molar-refractivity contribution in [3.05, 3.63) is 107 Å². The molecular formula is C30H36N2O2Si. The zero-order chi connectivity index (χ0) is 24.8. The Labute approximate surface area is 209 Å². The maximum atomic E-state index is 10.2. The normalized spacial score (nSPS) is 12.2. The quantitative estimate of drug-likeness (QED) is 0.229. The first-order valence-electron chi connectivity index (χ1n) is 12.5. The molecule has 0 atom stereocenters. The van der Waals surface area contributed by atoms with Crippen LogP contribution in [-0.4, -0.2) is 29.7 Å². The average Bonchev–Trinajstić information content (AvgIpc) is 3.29. The van der Waals surface area contributed by atoms with Gasteiger partial charge in [-0.1, -0.05) is 87.5 Å². The maximum Gasteiger partial charge on any atom is 0.362 e. The van der Waals surface area contributed by atoms with Gasteiger partial charge in [-0.15, -0.1) is 0 Å². The van der Waals surface area contributed by atoms with Crippen molar-refractivity contribution >= 4 is 31.2 Å². The monoisotopic (exact) mass is 484 g/mol. The fourth-order valence-corrected chi connectivity index (χ4v) is 5.19. The van der Waals surface area contributed by atoms with Gasteiger partial charge in [-0.2, -0.15) is 0 Å². The molecule has 4 rings (SSSR count). The highest BCUT2D eigenvalue weighted by molar-refractivity contribution is 6.72. The first-order chi connectivity index (χ1) is 16.9. The van der Waals surface area contributed by atoms with Crippen LogP contribution in [0.3, 0.4) is 0 Å². The Morgan fingerprint density at radius 2 is 1.63 bits per heavy atom. The number of para-hydroxylation sites is 2. The van der Waals surface area contributed by atoms with Gasteiger partial charge in [0.1, 0.15) is 0 Å². The van der Waals surface area contributed by atoms with E-state index in [2.05, 4.69) is 95.8 Å². The maximum absolute atomic E-state index is 10.2. The standard InChI is InChI=1S/C30H36N2O2Si/c1-4-26-9-5-8-12-30(26)32(19-17-27-21-31-29-11-7-6-10-28(27)29)22-25-15-13-24(14-16-25)18-20-35(33,34)23(2)3/h5-16,18,20-21,23,31,33-34H,4,17,19,22H2,1-3H3. The highest BCUT2D eigenvalue weighted by Gasteiger charge is 2.29. The number of fused-ring (bicyclic) bond motifs is 1. The molecule has 0 spiro atoms. The van der Waals surface area contributed by atoms with Crippen LogP contribution in [0.15, 0.2) is 84.7 Å². The van der Waals surface area contributed by atoms with Gasteiger partial charge >= 0.3 is 8.56 Å². The predicted molar refractivity (Wildman–Crippen MR) is 150 cm³/mol. The Morgan fingerprint density at radius 3 is 2.37 bits per heavy atom. The Morgan fingerprint density at radius 1 is 0.914 bits per heavy atom. The summed E-state index contributed by atoms with van der Waals surface area (Å²) in [6, 6.07) is 25.5. The summed E-state index contributed by atoms with van der Waals surface area (Å²) in [5.41, 5.74) is 8.83. The van der Waals surface area contributed by atoms with Gasteiger partial charge < -0.3 is 19.5 Å². The van der Waals surface area contributed by atoms with E-state index in [0.717, 1.165) is 31.5 Å². The van der Waals surface area contributed by atoms with Crippen molar-refractivity contribution in [3.8, 4) is 0 Å². The molecule has 4 nitrogen and oxygen atoms in total. The molecule has 0 fully saturated rings. The van der Waals surface area contributed by atoms with Crippen molar-refractivity contribution in [2.45, 2.75) is 45.7 Å². The minimum Gasteiger partial charge on any atom is -0.408 e. The summed E-state index contributed by atoms with van der Waals surface area (Å²) < 4.78 is 0. The summed E-state index contributed by atoms with van der Waals surface area (Å²) in [5, 5.41) is 1.29. The molecule has 1 heterocycles. The number of H-pyrrole nitrogens is 1. The van der Waals surface area contributed by atoms with Crippen molar-refractivity contribution in [3.63, 3.8) is 0 Å². The molecule has 0 bridgehead atoms. The molecule has 1 aromatic heterocycles. The molecule has 0 aliphatic rings. The second-order valence-electron chi connectivity index (χ2n) is 9.53. The molecule has 4 aromatic rings. The summed E-state index contributed by atoms with van der Waals surface area (Å²) in [6.07, 6.45) is 5.92. The number of hydrogen-bond donors (Lipinski definition) is 3. The summed E-state index contributed by atoms with van der Waals surface area (Å²) in [7, 11) is -3.31. The zero-order valence-corrected chi connectivity index (χ0v) is 21.9. The van der Waals surface area contributed by atoms with Crippen LogP contribution in [0.25, 0.3) is 17.0 Å². The highest BCUT2D eigenvalue weighted by atomic mass is 28.4. The fraction of sp³-hybridized carbons (Fsp3) is 0.267. The molecule has 0 amide bonds. The number of rotatable bonds is 10. The van der Waals surface area contributed by atoms with Gasteiger partial charge in [0, 0.05) is 41.4 Å². The van der Waals surface area contributed by atoms with Gasteiger partial charge in [-0.05, 0) is 52.9 Å². The van der Waals surface area contributed by atoms with Crippen molar-refractivity contribution in [2.75, 3.05) is 11.4 Å². The second kappa shape index (κ2) is 11.1. The summed E-state index contributed by atoms with van der Waals surface area (Å²) in [5.74, 6) is 0. The Bertz CT molecular complexity index is 1280. The topological polar surface area (TPSA) is 59.5 Å². The second-order valence-corrected chi connectivity index (χ2v) is 12.6. The molecule has 3 N–H and O–H groups in total. The lowest BCUT2D eigenvalue weighted by Crippen LogP contribution is -2.35. The number of anilines is 1. The lowest BCUT2D eigenvalue weighted by atomic mass is 10.1. The van der Waals surface area contributed by atoms with Gasteiger partial charge in [0.05, 0.1) is 0 Å². The lowest BCUT2D eigenvalue weighted by Gasteiger charge is -2.27. The van der Waals surface area contributed by atoms with E-state index in [1.807, 2.05) is 19.9 Å². The predicted octanol–water partition coefficient (Wildman–Crippen LogP) is 6.37. The number of aryl methyl sites for hydroxylation is 1. The van der Waals surface area contributed by atoms with Crippen LogP contribution in [-0.2, 0) is 19.4 Å². The molecule has 0 unspecified atom stereocenters. The lowest BCUT2D eigenvalue weighted by molar-refractivity contribution is 0.364. The van der Waals surface area contributed by atoms with E-state index in [0.29, 0.717) is 0 Å². The van der Waals surface area contributed by atoms with Crippen LogP contribution in [0, 0.1) is 0 Å². The van der Waals surface area contributed by atoms with E-state index in [4.69, 9.17) is 0 Å². The first kappa shape index (κ1) is 25.0. The number of nitrogens with one attached hydrogen (secondary N) is 1. The van der Waals surface area contributed by atoms with Gasteiger partial charge in [0.2, 0.25) is 0 Å². The van der Waals surface area contributed by atoms with Crippen molar-refractivity contribution in [1.82, 2.24) is 4.98 Å². The van der Waals surface area contributed by atoms with E-state index in [-0.39, 0.29) is 5.54 Å². The molecule has 5 heteroatoms. The van der Waals surface area contributed by atoms with E-state index >= 15 is 0 Å². The van der Waals surface area contributed by atoms with Crippen molar-refractivity contribution < 1.29 is 9.59 Å². The van der Waals surface area contributed by atoms with Crippen molar-refractivity contribution in [1.29, 1.82) is 0 Å². The molecule has 0 aliphatic carbocycles. The number of aromatic nitrogens is 1. The molecule has 0 saturated carbocycles. The largest absolute Gasteiger partial charge is 0.408 e. The number of nitrogens with zero attached hydrogens (tertiary/aromatic N) is 1. The molecule has 0 radical (unpaired) electrons. The van der Waals surface area contributed by atoms with Crippen LogP contribution in [0.5, 0.6) is 0 Å². The highest BCUT2D eigenvalue weighted by Crippen LogP contribution is 2.25. The summed E-state index contributed by atoms with van der Waals surface area (Å²) in [6.45, 7) is 7.63. The third-order valence-electron chi connectivity index (χ3n) is 6.76. The molecule has 182 valence electrons. The fourth-order valence-electron chi connectivity index (χ4n) is 4.36. The number of aromatic amines is 1. The Hall–Kier alpha value is -3.12. The Balaban J connectivity index is 1.54. The van der Waals surface area contributed by atoms with E-state index in [1.54, 1.807) is 5.70 Å². The van der Waals surface area contributed by atoms with Crippen LogP contribution < -0.4 is 4.90 Å². The SMILES string of the molecule is CCc1ccccc1N(CCc1c[nH]c2ccccc12)Cc1ccc(C=C[Si](O)(O)C(C)C)cc1. The minimum absolute atomic E-state index is 0.137. The molecular weight excluding hydrogens is 448 g/mol. The van der Waals surface area contributed by atoms with Gasteiger partial charge in [0.15, 0.2) is 0 Å². The first-order valence-corrected chi connectivity index (χ1v) is 14.5. The number of hydrogen-bond acceptors (Lipinski definition) is 3. The zero-order valence-electron chi connectivity index (χ0n) is 20.9.